The van der Waals surface area contributed by atoms with E-state index in [0.29, 0.717) is 0 Å². The Hall–Kier alpha value is -0.980. The van der Waals surface area contributed by atoms with Gasteiger partial charge in [0, 0.05) is 18.8 Å². The lowest BCUT2D eigenvalue weighted by atomic mass is 10.1. The molecular weight excluding hydrogens is 206 g/mol. The summed E-state index contributed by atoms with van der Waals surface area (Å²) in [6, 6.07) is 9.09. The van der Waals surface area contributed by atoms with E-state index < -0.39 is 0 Å². The van der Waals surface area contributed by atoms with E-state index in [4.69, 9.17) is 0 Å². The second-order valence-corrected chi connectivity index (χ2v) is 4.71. The first kappa shape index (κ1) is 14.1. The van der Waals surface area contributed by atoms with Gasteiger partial charge in [-0.1, -0.05) is 45.7 Å². The van der Waals surface area contributed by atoms with E-state index in [9.17, 15) is 0 Å². The first-order chi connectivity index (χ1) is 8.31. The van der Waals surface area contributed by atoms with Crippen molar-refractivity contribution in [2.24, 2.45) is 0 Å². The molecule has 0 amide bonds. The molecule has 0 aliphatic heterocycles. The van der Waals surface area contributed by atoms with E-state index in [1.165, 1.54) is 50.0 Å². The molecule has 1 aromatic rings. The van der Waals surface area contributed by atoms with E-state index in [2.05, 4.69) is 49.9 Å². The molecule has 1 nitrogen and oxygen atoms in total. The maximum Gasteiger partial charge on any atom is 0.0366 e. The normalized spacial score (nSPS) is 10.5. The fraction of sp³-hybridized carbons (Fsp3) is 0.625. The van der Waals surface area contributed by atoms with Crippen molar-refractivity contribution < 1.29 is 0 Å². The molecule has 0 fully saturated rings. The van der Waals surface area contributed by atoms with Gasteiger partial charge in [-0.2, -0.15) is 0 Å². The van der Waals surface area contributed by atoms with Crippen LogP contribution >= 0.6 is 0 Å². The monoisotopic (exact) mass is 233 g/mol. The molecule has 1 heteroatoms. The molecule has 96 valence electrons. The summed E-state index contributed by atoms with van der Waals surface area (Å²) in [6.07, 6.45) is 6.26. The van der Waals surface area contributed by atoms with Crippen LogP contribution in [0.2, 0.25) is 0 Å². The number of hydrogen-bond acceptors (Lipinski definition) is 1. The van der Waals surface area contributed by atoms with Gasteiger partial charge in [0.1, 0.15) is 0 Å². The molecule has 0 saturated carbocycles. The summed E-state index contributed by atoms with van der Waals surface area (Å²) in [6.45, 7) is 9.13. The maximum atomic E-state index is 2.53. The van der Waals surface area contributed by atoms with Crippen LogP contribution in [0, 0.1) is 0 Å². The van der Waals surface area contributed by atoms with Crippen LogP contribution in [0.15, 0.2) is 24.3 Å². The third-order valence-corrected chi connectivity index (χ3v) is 3.27. The lowest BCUT2D eigenvalue weighted by molar-refractivity contribution is 0.678. The zero-order valence-corrected chi connectivity index (χ0v) is 11.7. The zero-order valence-electron chi connectivity index (χ0n) is 11.7. The summed E-state index contributed by atoms with van der Waals surface area (Å²) in [7, 11) is 0. The van der Waals surface area contributed by atoms with Gasteiger partial charge in [-0.05, 0) is 37.0 Å². The number of hydrogen-bond donors (Lipinski definition) is 0. The highest BCUT2D eigenvalue weighted by Gasteiger charge is 2.04. The minimum Gasteiger partial charge on any atom is -0.372 e. The van der Waals surface area contributed by atoms with Crippen molar-refractivity contribution in [3.05, 3.63) is 29.8 Å². The second kappa shape index (κ2) is 8.16. The summed E-state index contributed by atoms with van der Waals surface area (Å²) in [5.74, 6) is 0. The molecule has 1 aromatic carbocycles. The molecule has 17 heavy (non-hydrogen) atoms. The predicted octanol–water partition coefficient (Wildman–Crippen LogP) is 4.66. The van der Waals surface area contributed by atoms with Crippen molar-refractivity contribution in [1.82, 2.24) is 0 Å². The average Bonchev–Trinajstić information content (AvgIpc) is 2.39. The topological polar surface area (TPSA) is 3.24 Å². The lowest BCUT2D eigenvalue weighted by Crippen LogP contribution is -2.25. The van der Waals surface area contributed by atoms with Crippen LogP contribution in [0.4, 0.5) is 5.69 Å². The standard InChI is InChI=1S/C16H27N/c1-4-7-13-17(14-8-5-2)16-11-9-15(6-3)10-12-16/h9-12H,4-8,13-14H2,1-3H3. The molecule has 0 heterocycles. The fourth-order valence-corrected chi connectivity index (χ4v) is 2.01. The van der Waals surface area contributed by atoms with Crippen LogP contribution in [0.5, 0.6) is 0 Å². The van der Waals surface area contributed by atoms with E-state index in [-0.39, 0.29) is 0 Å². The molecule has 0 N–H and O–H groups in total. The third kappa shape index (κ3) is 4.80. The summed E-state index contributed by atoms with van der Waals surface area (Å²) in [5.41, 5.74) is 2.82. The van der Waals surface area contributed by atoms with E-state index >= 15 is 0 Å². The number of rotatable bonds is 8. The summed E-state index contributed by atoms with van der Waals surface area (Å²) in [4.78, 5) is 2.53. The number of anilines is 1. The smallest absolute Gasteiger partial charge is 0.0366 e. The van der Waals surface area contributed by atoms with Crippen LogP contribution in [0.25, 0.3) is 0 Å². The molecule has 0 bridgehead atoms. The maximum absolute atomic E-state index is 2.53. The van der Waals surface area contributed by atoms with Gasteiger partial charge >= 0.3 is 0 Å². The molecule has 0 saturated heterocycles. The van der Waals surface area contributed by atoms with Crippen molar-refractivity contribution in [2.45, 2.75) is 52.9 Å². The van der Waals surface area contributed by atoms with Gasteiger partial charge in [-0.3, -0.25) is 0 Å². The first-order valence-corrected chi connectivity index (χ1v) is 7.15. The van der Waals surface area contributed by atoms with Crippen molar-refractivity contribution in [2.75, 3.05) is 18.0 Å². The van der Waals surface area contributed by atoms with Gasteiger partial charge in [-0.15, -0.1) is 0 Å². The second-order valence-electron chi connectivity index (χ2n) is 4.71. The van der Waals surface area contributed by atoms with Crippen molar-refractivity contribution >= 4 is 5.69 Å². The van der Waals surface area contributed by atoms with Gasteiger partial charge in [0.05, 0.1) is 0 Å². The largest absolute Gasteiger partial charge is 0.372 e. The molecule has 0 radical (unpaired) electrons. The highest BCUT2D eigenvalue weighted by atomic mass is 15.1. The first-order valence-electron chi connectivity index (χ1n) is 7.15. The number of unbranched alkanes of at least 4 members (excludes halogenated alkanes) is 2. The summed E-state index contributed by atoms with van der Waals surface area (Å²) in [5, 5.41) is 0. The van der Waals surface area contributed by atoms with Crippen molar-refractivity contribution in [3.8, 4) is 0 Å². The Morgan fingerprint density at radius 3 is 1.76 bits per heavy atom. The molecular formula is C16H27N. The summed E-state index contributed by atoms with van der Waals surface area (Å²) >= 11 is 0. The van der Waals surface area contributed by atoms with Gasteiger partial charge in [0.15, 0.2) is 0 Å². The Balaban J connectivity index is 2.65. The van der Waals surface area contributed by atoms with Crippen LogP contribution in [-0.4, -0.2) is 13.1 Å². The predicted molar refractivity (Wildman–Crippen MR) is 77.8 cm³/mol. The van der Waals surface area contributed by atoms with E-state index in [1.54, 1.807) is 0 Å². The van der Waals surface area contributed by atoms with Crippen LogP contribution in [0.1, 0.15) is 52.0 Å². The zero-order chi connectivity index (χ0) is 12.5. The third-order valence-electron chi connectivity index (χ3n) is 3.27. The Bertz CT molecular complexity index is 281. The molecule has 0 atom stereocenters. The molecule has 0 aliphatic carbocycles. The molecule has 1 rings (SSSR count). The van der Waals surface area contributed by atoms with Crippen LogP contribution < -0.4 is 4.90 Å². The Morgan fingerprint density at radius 2 is 1.35 bits per heavy atom. The van der Waals surface area contributed by atoms with Crippen molar-refractivity contribution in [3.63, 3.8) is 0 Å². The SMILES string of the molecule is CCCCN(CCCC)c1ccc(CC)cc1. The van der Waals surface area contributed by atoms with Gasteiger partial charge in [-0.25, -0.2) is 0 Å². The highest BCUT2D eigenvalue weighted by molar-refractivity contribution is 5.47. The van der Waals surface area contributed by atoms with E-state index in [0.717, 1.165) is 6.42 Å². The molecule has 0 aliphatic rings. The summed E-state index contributed by atoms with van der Waals surface area (Å²) < 4.78 is 0. The Kier molecular flexibility index (Phi) is 6.76. The minimum absolute atomic E-state index is 1.13. The molecule has 0 unspecified atom stereocenters. The number of nitrogens with zero attached hydrogens (tertiary/aromatic N) is 1. The highest BCUT2D eigenvalue weighted by Crippen LogP contribution is 2.17. The van der Waals surface area contributed by atoms with Gasteiger partial charge < -0.3 is 4.90 Å². The van der Waals surface area contributed by atoms with E-state index in [1.807, 2.05) is 0 Å². The minimum atomic E-state index is 1.13. The van der Waals surface area contributed by atoms with Crippen LogP contribution in [0.3, 0.4) is 0 Å². The Morgan fingerprint density at radius 1 is 0.824 bits per heavy atom. The van der Waals surface area contributed by atoms with Crippen LogP contribution in [-0.2, 0) is 6.42 Å². The lowest BCUT2D eigenvalue weighted by Gasteiger charge is -2.24. The molecule has 0 aromatic heterocycles. The van der Waals surface area contributed by atoms with Crippen molar-refractivity contribution in [1.29, 1.82) is 0 Å². The average molecular weight is 233 g/mol. The quantitative estimate of drug-likeness (QED) is 0.631. The fourth-order valence-electron chi connectivity index (χ4n) is 2.01. The van der Waals surface area contributed by atoms with Gasteiger partial charge in [0.25, 0.3) is 0 Å². The molecule has 0 spiro atoms. The number of benzene rings is 1. The van der Waals surface area contributed by atoms with Gasteiger partial charge in [0.2, 0.25) is 0 Å². The Labute approximate surface area is 107 Å². The number of aryl methyl sites for hydroxylation is 1.